The number of benzene rings is 1. The van der Waals surface area contributed by atoms with Crippen LogP contribution in [-0.2, 0) is 13.1 Å². The van der Waals surface area contributed by atoms with Gasteiger partial charge in [-0.1, -0.05) is 12.1 Å². The quantitative estimate of drug-likeness (QED) is 0.437. The number of rotatable bonds is 0. The Morgan fingerprint density at radius 3 is 1.32 bits per heavy atom. The maximum Gasteiger partial charge on any atom is 0.0576 e. The molecule has 0 radical (unpaired) electrons. The van der Waals surface area contributed by atoms with Gasteiger partial charge in [-0.15, -0.1) is 0 Å². The number of hydrogen-bond acceptors (Lipinski definition) is 5. The van der Waals surface area contributed by atoms with Gasteiger partial charge >= 0.3 is 33.3 Å². The predicted molar refractivity (Wildman–Crippen MR) is 93.7 cm³/mol. The zero-order chi connectivity index (χ0) is 15.9. The first-order valence-electron chi connectivity index (χ1n) is 7.44. The zero-order valence-electron chi connectivity index (χ0n) is 12.6. The Morgan fingerprint density at radius 1 is 0.636 bits per heavy atom. The van der Waals surface area contributed by atoms with E-state index in [1.165, 1.54) is 11.4 Å². The van der Waals surface area contributed by atoms with Gasteiger partial charge < -0.3 is 26.6 Å². The van der Waals surface area contributed by atoms with Crippen LogP contribution in [0.15, 0.2) is 24.3 Å². The molecule has 1 heterocycles. The van der Waals surface area contributed by atoms with Crippen molar-refractivity contribution in [1.82, 2.24) is 16.0 Å². The summed E-state index contributed by atoms with van der Waals surface area (Å²) in [6.45, 7) is 7.92. The normalized spacial score (nSPS) is 17.4. The molecule has 1 aromatic rings. The Balaban J connectivity index is 0.000000745. The van der Waals surface area contributed by atoms with Crippen molar-refractivity contribution in [2.45, 2.75) is 0 Å². The van der Waals surface area contributed by atoms with Crippen LogP contribution in [0.2, 0.25) is 0 Å². The van der Waals surface area contributed by atoms with Gasteiger partial charge in [0.1, 0.15) is 0 Å². The van der Waals surface area contributed by atoms with Crippen molar-refractivity contribution in [3.8, 4) is 0 Å². The van der Waals surface area contributed by atoms with E-state index in [1.807, 2.05) is 0 Å². The van der Waals surface area contributed by atoms with Gasteiger partial charge in [0.25, 0.3) is 0 Å². The monoisotopic (exact) mass is 388 g/mol. The molecule has 2 rings (SSSR count). The zero-order valence-corrected chi connectivity index (χ0v) is 15.3. The molecule has 22 heavy (non-hydrogen) atoms. The number of halogens is 2. The smallest absolute Gasteiger partial charge is 0.0576 e. The van der Waals surface area contributed by atoms with Gasteiger partial charge in [-0.05, 0) is 12.1 Å². The number of nitrogens with one attached hydrogen (secondary N) is 5. The van der Waals surface area contributed by atoms with Gasteiger partial charge in [0.2, 0.25) is 0 Å². The molecular formula is C14H25Cl2MnN5. The minimum Gasteiger partial charge on any atom is -0.382 e. The number of para-hydroxylation sites is 2. The van der Waals surface area contributed by atoms with Crippen LogP contribution in [0, 0.1) is 0 Å². The average Bonchev–Trinajstić information content (AvgIpc) is 2.54. The van der Waals surface area contributed by atoms with Crippen molar-refractivity contribution in [2.75, 3.05) is 63.0 Å². The summed E-state index contributed by atoms with van der Waals surface area (Å²) < 4.78 is 0. The molecule has 127 valence electrons. The third-order valence-electron chi connectivity index (χ3n) is 3.12. The summed E-state index contributed by atoms with van der Waals surface area (Å²) in [5.41, 5.74) is 2.36. The molecule has 0 saturated heterocycles. The van der Waals surface area contributed by atoms with E-state index in [4.69, 9.17) is 20.2 Å². The van der Waals surface area contributed by atoms with Crippen LogP contribution in [-0.4, -0.2) is 52.4 Å². The molecule has 1 aromatic carbocycles. The van der Waals surface area contributed by atoms with Crippen LogP contribution in [0.3, 0.4) is 0 Å². The molecule has 0 spiro atoms. The standard InChI is InChI=1S/C14H25N5.2ClH.Mn/c1-2-4-14-13(3-1)18-11-9-16-7-5-15-6-8-17-10-12-19-14;;;/h1-4,15-19H,5-12H2;2*1H;/q;;;+2/p-2. The molecule has 1 aliphatic rings. The maximum atomic E-state index is 4.80. The van der Waals surface area contributed by atoms with Crippen molar-refractivity contribution in [3.63, 3.8) is 0 Å². The second-order valence-corrected chi connectivity index (χ2v) is 6.65. The first kappa shape index (κ1) is 19.8. The van der Waals surface area contributed by atoms with E-state index in [2.05, 4.69) is 50.8 Å². The van der Waals surface area contributed by atoms with E-state index in [9.17, 15) is 0 Å². The minimum atomic E-state index is 0.00694. The minimum absolute atomic E-state index is 0.00694. The molecule has 5 nitrogen and oxygen atoms in total. The Bertz CT molecular complexity index is 351. The van der Waals surface area contributed by atoms with E-state index in [1.54, 1.807) is 0 Å². The van der Waals surface area contributed by atoms with Gasteiger partial charge in [-0.2, -0.15) is 0 Å². The third-order valence-corrected chi connectivity index (χ3v) is 3.12. The summed E-state index contributed by atoms with van der Waals surface area (Å²) in [6, 6.07) is 8.37. The van der Waals surface area contributed by atoms with E-state index < -0.39 is 0 Å². The van der Waals surface area contributed by atoms with Crippen molar-refractivity contribution < 1.29 is 13.1 Å². The number of fused-ring (bicyclic) bond motifs is 1. The first-order chi connectivity index (χ1) is 10.9. The summed E-state index contributed by atoms with van der Waals surface area (Å²) in [4.78, 5) is 0. The molecule has 0 atom stereocenters. The fraction of sp³-hybridized carbons (Fsp3) is 0.571. The van der Waals surface area contributed by atoms with Crippen LogP contribution in [0.1, 0.15) is 0 Å². The third kappa shape index (κ3) is 9.74. The largest absolute Gasteiger partial charge is 0.382 e. The Morgan fingerprint density at radius 2 is 0.955 bits per heavy atom. The van der Waals surface area contributed by atoms with Gasteiger partial charge in [0.15, 0.2) is 0 Å². The van der Waals surface area contributed by atoms with E-state index in [-0.39, 0.29) is 13.1 Å². The Labute approximate surface area is 147 Å². The van der Waals surface area contributed by atoms with Crippen molar-refractivity contribution in [2.24, 2.45) is 0 Å². The molecule has 0 aromatic heterocycles. The first-order valence-corrected chi connectivity index (χ1v) is 10.7. The maximum absolute atomic E-state index is 4.80. The Hall–Kier alpha value is -0.201. The molecule has 1 aliphatic heterocycles. The summed E-state index contributed by atoms with van der Waals surface area (Å²) >= 11 is 0.00694. The molecule has 0 bridgehead atoms. The fourth-order valence-corrected chi connectivity index (χ4v) is 2.09. The van der Waals surface area contributed by atoms with Crippen molar-refractivity contribution in [1.29, 1.82) is 0 Å². The fourth-order valence-electron chi connectivity index (χ4n) is 2.09. The average molecular weight is 389 g/mol. The van der Waals surface area contributed by atoms with E-state index in [0.29, 0.717) is 0 Å². The predicted octanol–water partition coefficient (Wildman–Crippen LogP) is 1.67. The molecular weight excluding hydrogens is 364 g/mol. The van der Waals surface area contributed by atoms with Gasteiger partial charge in [0.05, 0.1) is 11.4 Å². The molecule has 5 N–H and O–H groups in total. The van der Waals surface area contributed by atoms with Crippen LogP contribution in [0.4, 0.5) is 11.4 Å². The van der Waals surface area contributed by atoms with E-state index in [0.717, 1.165) is 52.4 Å². The summed E-state index contributed by atoms with van der Waals surface area (Å²) in [7, 11) is 9.59. The van der Waals surface area contributed by atoms with E-state index >= 15 is 0 Å². The molecule has 0 aliphatic carbocycles. The number of anilines is 2. The van der Waals surface area contributed by atoms with Crippen molar-refractivity contribution in [3.05, 3.63) is 24.3 Å². The molecule has 0 fully saturated rings. The van der Waals surface area contributed by atoms with Gasteiger partial charge in [-0.25, -0.2) is 0 Å². The van der Waals surface area contributed by atoms with Gasteiger partial charge in [-0.3, -0.25) is 0 Å². The second-order valence-electron chi connectivity index (χ2n) is 4.70. The Kier molecular flexibility index (Phi) is 13.0. The molecule has 8 heteroatoms. The van der Waals surface area contributed by atoms with Crippen LogP contribution >= 0.6 is 20.2 Å². The molecule has 0 amide bonds. The SMILES string of the molecule is [Cl][Mn][Cl].c1ccc2c(c1)NCCNCCNCCNCCN2. The number of hydrogen-bond donors (Lipinski definition) is 5. The van der Waals surface area contributed by atoms with Gasteiger partial charge in [0, 0.05) is 52.4 Å². The molecule has 0 saturated carbocycles. The topological polar surface area (TPSA) is 60.1 Å². The van der Waals surface area contributed by atoms with Crippen LogP contribution in [0.5, 0.6) is 0 Å². The second kappa shape index (κ2) is 14.4. The summed E-state index contributed by atoms with van der Waals surface area (Å²) in [5, 5.41) is 17.2. The van der Waals surface area contributed by atoms with Crippen LogP contribution < -0.4 is 26.6 Å². The summed E-state index contributed by atoms with van der Waals surface area (Å²) in [5.74, 6) is 0. The van der Waals surface area contributed by atoms with Crippen LogP contribution in [0.25, 0.3) is 0 Å². The summed E-state index contributed by atoms with van der Waals surface area (Å²) in [6.07, 6.45) is 0. The van der Waals surface area contributed by atoms with Crippen molar-refractivity contribution >= 4 is 31.6 Å². The molecule has 0 unspecified atom stereocenters.